The van der Waals surface area contributed by atoms with Gasteiger partial charge in [-0.15, -0.1) is 0 Å². The van der Waals surface area contributed by atoms with Crippen LogP contribution in [-0.2, 0) is 13.2 Å². The van der Waals surface area contributed by atoms with Crippen LogP contribution in [0.5, 0.6) is 5.75 Å². The van der Waals surface area contributed by atoms with Crippen molar-refractivity contribution in [2.24, 2.45) is 0 Å². The molecule has 2 aromatic carbocycles. The summed E-state index contributed by atoms with van der Waals surface area (Å²) in [4.78, 5) is 0. The van der Waals surface area contributed by atoms with Crippen molar-refractivity contribution in [2.45, 2.75) is 45.8 Å². The number of unbranched alkanes of at least 4 members (excludes halogenated alkanes) is 3. The molecule has 0 bridgehead atoms. The second kappa shape index (κ2) is 10.6. The fraction of sp³-hybridized carbons (Fsp3) is 0.400. The monoisotopic (exact) mass is 383 g/mol. The highest BCUT2D eigenvalue weighted by molar-refractivity contribution is 6.31. The Labute approximate surface area is 159 Å². The second-order valence-corrected chi connectivity index (χ2v) is 6.82. The Morgan fingerprint density at radius 3 is 2.68 bits per heavy atom. The highest BCUT2D eigenvalue weighted by Crippen LogP contribution is 2.26. The highest BCUT2D eigenvalue weighted by atomic mass is 35.5. The zero-order chi connectivity index (χ0) is 18.1. The van der Waals surface area contributed by atoms with Gasteiger partial charge in [-0.25, -0.2) is 4.39 Å². The van der Waals surface area contributed by atoms with Gasteiger partial charge in [0, 0.05) is 22.7 Å². The first-order chi connectivity index (χ1) is 12.1. The van der Waals surface area contributed by atoms with Crippen LogP contribution >= 0.6 is 23.2 Å². The molecule has 0 aliphatic rings. The lowest BCUT2D eigenvalue weighted by atomic mass is 10.1. The molecule has 0 radical (unpaired) electrons. The molecular formula is C20H24Cl2FNO. The van der Waals surface area contributed by atoms with E-state index in [4.69, 9.17) is 27.9 Å². The van der Waals surface area contributed by atoms with E-state index in [1.165, 1.54) is 25.3 Å². The van der Waals surface area contributed by atoms with Crippen molar-refractivity contribution in [3.05, 3.63) is 63.4 Å². The zero-order valence-corrected chi connectivity index (χ0v) is 16.0. The van der Waals surface area contributed by atoms with Gasteiger partial charge in [-0.2, -0.15) is 0 Å². The SMILES string of the molecule is CCCCCCNCc1cc(Cl)ccc1OCc1c(F)cccc1Cl. The number of ether oxygens (including phenoxy) is 1. The van der Waals surface area contributed by atoms with E-state index in [2.05, 4.69) is 12.2 Å². The summed E-state index contributed by atoms with van der Waals surface area (Å²) in [7, 11) is 0. The Morgan fingerprint density at radius 1 is 1.08 bits per heavy atom. The first-order valence-electron chi connectivity index (χ1n) is 8.66. The first kappa shape index (κ1) is 20.0. The van der Waals surface area contributed by atoms with Crippen LogP contribution < -0.4 is 10.1 Å². The summed E-state index contributed by atoms with van der Waals surface area (Å²) in [5, 5.41) is 4.43. The molecule has 2 nitrogen and oxygen atoms in total. The third kappa shape index (κ3) is 6.50. The largest absolute Gasteiger partial charge is 0.488 e. The van der Waals surface area contributed by atoms with Gasteiger partial charge < -0.3 is 10.1 Å². The minimum atomic E-state index is -0.364. The molecule has 0 aliphatic carbocycles. The lowest BCUT2D eigenvalue weighted by Gasteiger charge is -2.14. The third-order valence-corrected chi connectivity index (χ3v) is 4.57. The van der Waals surface area contributed by atoms with E-state index in [1.807, 2.05) is 12.1 Å². The summed E-state index contributed by atoms with van der Waals surface area (Å²) >= 11 is 12.2. The van der Waals surface area contributed by atoms with E-state index in [9.17, 15) is 4.39 Å². The van der Waals surface area contributed by atoms with Gasteiger partial charge >= 0.3 is 0 Å². The molecule has 0 aromatic heterocycles. The van der Waals surface area contributed by atoms with E-state index in [0.717, 1.165) is 18.5 Å². The number of rotatable bonds is 10. The average molecular weight is 384 g/mol. The van der Waals surface area contributed by atoms with Crippen molar-refractivity contribution in [1.29, 1.82) is 0 Å². The van der Waals surface area contributed by atoms with E-state index >= 15 is 0 Å². The molecule has 1 N–H and O–H groups in total. The average Bonchev–Trinajstić information content (AvgIpc) is 2.59. The normalized spacial score (nSPS) is 10.9. The van der Waals surface area contributed by atoms with Crippen LogP contribution in [0.4, 0.5) is 4.39 Å². The van der Waals surface area contributed by atoms with Crippen molar-refractivity contribution in [2.75, 3.05) is 6.54 Å². The molecule has 0 amide bonds. The fourth-order valence-corrected chi connectivity index (χ4v) is 2.96. The van der Waals surface area contributed by atoms with Crippen LogP contribution in [0.3, 0.4) is 0 Å². The zero-order valence-electron chi connectivity index (χ0n) is 14.5. The van der Waals surface area contributed by atoms with Crippen molar-refractivity contribution in [3.8, 4) is 5.75 Å². The van der Waals surface area contributed by atoms with Gasteiger partial charge in [-0.3, -0.25) is 0 Å². The number of halogens is 3. The van der Waals surface area contributed by atoms with Crippen molar-refractivity contribution < 1.29 is 9.13 Å². The third-order valence-electron chi connectivity index (χ3n) is 3.98. The molecule has 0 atom stereocenters. The van der Waals surface area contributed by atoms with Crippen molar-refractivity contribution in [1.82, 2.24) is 5.32 Å². The molecule has 136 valence electrons. The Morgan fingerprint density at radius 2 is 1.92 bits per heavy atom. The topological polar surface area (TPSA) is 21.3 Å². The molecule has 0 unspecified atom stereocenters. The molecule has 2 rings (SSSR count). The summed E-state index contributed by atoms with van der Waals surface area (Å²) in [5.74, 6) is 0.321. The number of hydrogen-bond acceptors (Lipinski definition) is 2. The number of hydrogen-bond donors (Lipinski definition) is 1. The molecule has 0 spiro atoms. The van der Waals surface area contributed by atoms with Crippen LogP contribution in [0, 0.1) is 5.82 Å². The Balaban J connectivity index is 1.96. The minimum Gasteiger partial charge on any atom is -0.488 e. The summed E-state index contributed by atoms with van der Waals surface area (Å²) < 4.78 is 19.7. The molecule has 2 aromatic rings. The Bertz CT molecular complexity index is 658. The summed E-state index contributed by atoms with van der Waals surface area (Å²) in [6, 6.07) is 10.1. The summed E-state index contributed by atoms with van der Waals surface area (Å²) in [5.41, 5.74) is 1.31. The van der Waals surface area contributed by atoms with Crippen LogP contribution in [0.15, 0.2) is 36.4 Å². The molecule has 0 aliphatic heterocycles. The second-order valence-electron chi connectivity index (χ2n) is 5.98. The molecule has 25 heavy (non-hydrogen) atoms. The maximum absolute atomic E-state index is 13.9. The molecule has 0 saturated carbocycles. The smallest absolute Gasteiger partial charge is 0.131 e. The first-order valence-corrected chi connectivity index (χ1v) is 9.42. The predicted molar refractivity (Wildman–Crippen MR) is 103 cm³/mol. The molecular weight excluding hydrogens is 360 g/mol. The minimum absolute atomic E-state index is 0.0800. The van der Waals surface area contributed by atoms with Gasteiger partial charge in [-0.05, 0) is 43.3 Å². The van der Waals surface area contributed by atoms with Crippen molar-refractivity contribution in [3.63, 3.8) is 0 Å². The number of nitrogens with one attached hydrogen (secondary N) is 1. The lowest BCUT2D eigenvalue weighted by molar-refractivity contribution is 0.296. The molecule has 0 fully saturated rings. The van der Waals surface area contributed by atoms with E-state index < -0.39 is 0 Å². The van der Waals surface area contributed by atoms with Crippen LogP contribution in [0.2, 0.25) is 10.0 Å². The van der Waals surface area contributed by atoms with Crippen LogP contribution in [0.1, 0.15) is 43.7 Å². The van der Waals surface area contributed by atoms with E-state index in [0.29, 0.717) is 27.9 Å². The van der Waals surface area contributed by atoms with Gasteiger partial charge in [0.15, 0.2) is 0 Å². The van der Waals surface area contributed by atoms with Crippen molar-refractivity contribution >= 4 is 23.2 Å². The van der Waals surface area contributed by atoms with Crippen LogP contribution in [0.25, 0.3) is 0 Å². The molecule has 5 heteroatoms. The van der Waals surface area contributed by atoms with E-state index in [1.54, 1.807) is 18.2 Å². The quantitative estimate of drug-likeness (QED) is 0.480. The molecule has 0 heterocycles. The summed E-state index contributed by atoms with van der Waals surface area (Å²) in [6.07, 6.45) is 4.87. The van der Waals surface area contributed by atoms with Gasteiger partial charge in [-0.1, -0.05) is 55.5 Å². The maximum Gasteiger partial charge on any atom is 0.131 e. The Hall–Kier alpha value is -1.29. The van der Waals surface area contributed by atoms with Gasteiger partial charge in [0.1, 0.15) is 18.2 Å². The maximum atomic E-state index is 13.9. The standard InChI is InChI=1S/C20H24Cl2FNO/c1-2-3-4-5-11-24-13-15-12-16(21)9-10-20(15)25-14-17-18(22)7-6-8-19(17)23/h6-10,12,24H,2-5,11,13-14H2,1H3. The van der Waals surface area contributed by atoms with Gasteiger partial charge in [0.25, 0.3) is 0 Å². The van der Waals surface area contributed by atoms with Gasteiger partial charge in [0.05, 0.1) is 5.02 Å². The predicted octanol–water partition coefficient (Wildman–Crippen LogP) is 6.38. The van der Waals surface area contributed by atoms with Crippen LogP contribution in [-0.4, -0.2) is 6.54 Å². The summed E-state index contributed by atoms with van der Waals surface area (Å²) in [6.45, 7) is 3.89. The van der Waals surface area contributed by atoms with Gasteiger partial charge in [0.2, 0.25) is 0 Å². The lowest BCUT2D eigenvalue weighted by Crippen LogP contribution is -2.15. The Kier molecular flexibility index (Phi) is 8.53. The fourth-order valence-electron chi connectivity index (χ4n) is 2.55. The molecule has 0 saturated heterocycles. The number of benzene rings is 2. The highest BCUT2D eigenvalue weighted by Gasteiger charge is 2.10. The van der Waals surface area contributed by atoms with E-state index in [-0.39, 0.29) is 12.4 Å².